The molecule has 0 spiro atoms. The number of carbonyl (C=O) groups excluding carboxylic acids is 1. The SMILES string of the molecule is C[C@H]([NH2+]CC(=O)Nc1cc(Cl)ccc1[N+](=O)[O-])c1ccco1. The number of hydrogen-bond donors (Lipinski definition) is 2. The molecule has 0 bridgehead atoms. The number of nitro groups is 1. The maximum Gasteiger partial charge on any atom is 0.292 e. The van der Waals surface area contributed by atoms with Crippen molar-refractivity contribution in [3.63, 3.8) is 0 Å². The number of nitro benzene ring substituents is 1. The number of nitrogens with one attached hydrogen (secondary N) is 1. The van der Waals surface area contributed by atoms with Gasteiger partial charge in [0.05, 0.1) is 11.2 Å². The summed E-state index contributed by atoms with van der Waals surface area (Å²) < 4.78 is 5.24. The Kier molecular flexibility index (Phi) is 5.13. The number of halogens is 1. The fourth-order valence-corrected chi connectivity index (χ4v) is 2.09. The molecule has 8 heteroatoms. The first-order chi connectivity index (χ1) is 10.5. The number of nitrogens with two attached hydrogens (primary N) is 1. The second-order valence-corrected chi connectivity index (χ2v) is 5.15. The molecule has 0 aliphatic rings. The number of furan rings is 1. The van der Waals surface area contributed by atoms with Crippen LogP contribution in [0.1, 0.15) is 18.7 Å². The van der Waals surface area contributed by atoms with Crippen LogP contribution in [0.5, 0.6) is 0 Å². The molecule has 0 unspecified atom stereocenters. The summed E-state index contributed by atoms with van der Waals surface area (Å²) in [4.78, 5) is 22.3. The normalized spacial score (nSPS) is 11.9. The highest BCUT2D eigenvalue weighted by atomic mass is 35.5. The number of benzene rings is 1. The van der Waals surface area contributed by atoms with E-state index in [4.69, 9.17) is 16.0 Å². The largest absolute Gasteiger partial charge is 0.463 e. The Hall–Kier alpha value is -2.38. The average Bonchev–Trinajstić information content (AvgIpc) is 2.98. The molecule has 0 saturated carbocycles. The Morgan fingerprint density at radius 3 is 2.91 bits per heavy atom. The van der Waals surface area contributed by atoms with Gasteiger partial charge in [-0.1, -0.05) is 11.6 Å². The van der Waals surface area contributed by atoms with Crippen LogP contribution >= 0.6 is 11.6 Å². The van der Waals surface area contributed by atoms with Crippen LogP contribution in [0, 0.1) is 10.1 Å². The Bertz CT molecular complexity index is 673. The monoisotopic (exact) mass is 324 g/mol. The van der Waals surface area contributed by atoms with E-state index in [0.29, 0.717) is 5.02 Å². The van der Waals surface area contributed by atoms with E-state index in [1.165, 1.54) is 18.2 Å². The Morgan fingerprint density at radius 2 is 2.27 bits per heavy atom. The molecule has 7 nitrogen and oxygen atoms in total. The van der Waals surface area contributed by atoms with Crippen LogP contribution in [0.2, 0.25) is 5.02 Å². The zero-order chi connectivity index (χ0) is 16.1. The molecule has 1 aromatic heterocycles. The number of hydrogen-bond acceptors (Lipinski definition) is 4. The molecule has 0 fully saturated rings. The van der Waals surface area contributed by atoms with E-state index >= 15 is 0 Å². The first kappa shape index (κ1) is 16.0. The van der Waals surface area contributed by atoms with Crippen molar-refractivity contribution < 1.29 is 19.5 Å². The molecular formula is C14H15ClN3O4+. The quantitative estimate of drug-likeness (QED) is 0.627. The zero-order valence-electron chi connectivity index (χ0n) is 11.8. The molecule has 0 saturated heterocycles. The molecule has 1 amide bonds. The summed E-state index contributed by atoms with van der Waals surface area (Å²) in [7, 11) is 0. The van der Waals surface area contributed by atoms with E-state index in [-0.39, 0.29) is 29.9 Å². The molecular weight excluding hydrogens is 310 g/mol. The third-order valence-electron chi connectivity index (χ3n) is 3.08. The molecule has 22 heavy (non-hydrogen) atoms. The maximum atomic E-state index is 11.9. The highest BCUT2D eigenvalue weighted by Gasteiger charge is 2.18. The van der Waals surface area contributed by atoms with Crippen LogP contribution in [0.25, 0.3) is 0 Å². The lowest BCUT2D eigenvalue weighted by molar-refractivity contribution is -0.684. The average molecular weight is 325 g/mol. The van der Waals surface area contributed by atoms with E-state index in [1.807, 2.05) is 13.0 Å². The molecule has 1 atom stereocenters. The van der Waals surface area contributed by atoms with E-state index in [1.54, 1.807) is 17.6 Å². The molecule has 2 rings (SSSR count). The zero-order valence-corrected chi connectivity index (χ0v) is 12.5. The van der Waals surface area contributed by atoms with E-state index in [2.05, 4.69) is 5.32 Å². The summed E-state index contributed by atoms with van der Waals surface area (Å²) in [6, 6.07) is 7.58. The molecule has 0 aliphatic heterocycles. The van der Waals surface area contributed by atoms with Gasteiger partial charge < -0.3 is 15.1 Å². The van der Waals surface area contributed by atoms with Crippen molar-refractivity contribution in [2.24, 2.45) is 0 Å². The number of carbonyl (C=O) groups is 1. The summed E-state index contributed by atoms with van der Waals surface area (Å²) in [5.41, 5.74) is -0.113. The molecule has 116 valence electrons. The van der Waals surface area contributed by atoms with Gasteiger partial charge in [0, 0.05) is 11.1 Å². The minimum absolute atomic E-state index is 0.0323. The molecule has 0 aliphatic carbocycles. The summed E-state index contributed by atoms with van der Waals surface area (Å²) in [6.07, 6.45) is 1.56. The van der Waals surface area contributed by atoms with Gasteiger partial charge in [-0.2, -0.15) is 0 Å². The summed E-state index contributed by atoms with van der Waals surface area (Å²) in [5, 5.41) is 15.5. The molecule has 2 aromatic rings. The lowest BCUT2D eigenvalue weighted by Gasteiger charge is -2.09. The molecule has 1 aromatic carbocycles. The van der Waals surface area contributed by atoms with Crippen molar-refractivity contribution in [2.45, 2.75) is 13.0 Å². The maximum absolute atomic E-state index is 11.9. The molecule has 1 heterocycles. The van der Waals surface area contributed by atoms with Crippen LogP contribution in [-0.2, 0) is 4.79 Å². The third-order valence-corrected chi connectivity index (χ3v) is 3.31. The van der Waals surface area contributed by atoms with Crippen molar-refractivity contribution in [3.8, 4) is 0 Å². The Labute approximate surface area is 131 Å². The summed E-state index contributed by atoms with van der Waals surface area (Å²) in [6.45, 7) is 2.00. The number of anilines is 1. The van der Waals surface area contributed by atoms with Crippen molar-refractivity contribution >= 4 is 28.9 Å². The van der Waals surface area contributed by atoms with Gasteiger partial charge in [0.15, 0.2) is 12.3 Å². The fourth-order valence-electron chi connectivity index (χ4n) is 1.92. The van der Waals surface area contributed by atoms with Gasteiger partial charge in [0.2, 0.25) is 0 Å². The highest BCUT2D eigenvalue weighted by Crippen LogP contribution is 2.27. The second-order valence-electron chi connectivity index (χ2n) is 4.71. The predicted octanol–water partition coefficient (Wildman–Crippen LogP) is 2.10. The van der Waals surface area contributed by atoms with Gasteiger partial charge in [-0.3, -0.25) is 14.9 Å². The van der Waals surface area contributed by atoms with Crippen molar-refractivity contribution in [3.05, 3.63) is 57.5 Å². The number of quaternary nitrogens is 1. The fraction of sp³-hybridized carbons (Fsp3) is 0.214. The van der Waals surface area contributed by atoms with Gasteiger partial charge in [-0.05, 0) is 31.2 Å². The van der Waals surface area contributed by atoms with Gasteiger partial charge >= 0.3 is 0 Å². The summed E-state index contributed by atoms with van der Waals surface area (Å²) >= 11 is 5.81. The van der Waals surface area contributed by atoms with Crippen molar-refractivity contribution in [1.82, 2.24) is 0 Å². The second kappa shape index (κ2) is 7.06. The van der Waals surface area contributed by atoms with Gasteiger partial charge in [0.25, 0.3) is 11.6 Å². The minimum atomic E-state index is -0.568. The lowest BCUT2D eigenvalue weighted by atomic mass is 10.2. The van der Waals surface area contributed by atoms with E-state index in [9.17, 15) is 14.9 Å². The standard InChI is InChI=1S/C14H14ClN3O4/c1-9(13-3-2-6-22-13)16-8-14(19)17-11-7-10(15)4-5-12(11)18(20)21/h2-7,9,16H,8H2,1H3,(H,17,19)/p+1/t9-/m0/s1. The number of nitrogens with zero attached hydrogens (tertiary/aromatic N) is 1. The van der Waals surface area contributed by atoms with Crippen LogP contribution in [0.15, 0.2) is 41.0 Å². The Morgan fingerprint density at radius 1 is 1.50 bits per heavy atom. The van der Waals surface area contributed by atoms with Crippen molar-refractivity contribution in [1.29, 1.82) is 0 Å². The van der Waals surface area contributed by atoms with Gasteiger partial charge in [0.1, 0.15) is 11.7 Å². The smallest absolute Gasteiger partial charge is 0.292 e. The van der Waals surface area contributed by atoms with Crippen LogP contribution in [0.3, 0.4) is 0 Å². The first-order valence-corrected chi connectivity index (χ1v) is 6.95. The molecule has 3 N–H and O–H groups in total. The van der Waals surface area contributed by atoms with Crippen LogP contribution in [0.4, 0.5) is 11.4 Å². The topological polar surface area (TPSA) is 102 Å². The van der Waals surface area contributed by atoms with Gasteiger partial charge in [-0.15, -0.1) is 0 Å². The predicted molar refractivity (Wildman–Crippen MR) is 80.7 cm³/mol. The third kappa shape index (κ3) is 4.06. The van der Waals surface area contributed by atoms with Crippen LogP contribution in [-0.4, -0.2) is 17.4 Å². The van der Waals surface area contributed by atoms with E-state index < -0.39 is 4.92 Å². The van der Waals surface area contributed by atoms with Crippen LogP contribution < -0.4 is 10.6 Å². The number of rotatable bonds is 6. The Balaban J connectivity index is 1.97. The lowest BCUT2D eigenvalue weighted by Crippen LogP contribution is -2.86. The van der Waals surface area contributed by atoms with Gasteiger partial charge in [-0.25, -0.2) is 0 Å². The molecule has 0 radical (unpaired) electrons. The number of amides is 1. The highest BCUT2D eigenvalue weighted by molar-refractivity contribution is 6.31. The summed E-state index contributed by atoms with van der Waals surface area (Å²) in [5.74, 6) is 0.394. The minimum Gasteiger partial charge on any atom is -0.463 e. The van der Waals surface area contributed by atoms with E-state index in [0.717, 1.165) is 5.76 Å². The first-order valence-electron chi connectivity index (χ1n) is 6.58. The van der Waals surface area contributed by atoms with Crippen molar-refractivity contribution in [2.75, 3.05) is 11.9 Å².